The van der Waals surface area contributed by atoms with E-state index in [4.69, 9.17) is 16.3 Å². The molecule has 26 heavy (non-hydrogen) atoms. The molecule has 0 aliphatic rings. The summed E-state index contributed by atoms with van der Waals surface area (Å²) in [5, 5.41) is 0.336. The molecule has 0 N–H and O–H groups in total. The predicted molar refractivity (Wildman–Crippen MR) is 103 cm³/mol. The number of ether oxygens (including phenoxy) is 1. The predicted octanol–water partition coefficient (Wildman–Crippen LogP) is 4.51. The molecule has 7 heteroatoms. The Morgan fingerprint density at radius 3 is 2.38 bits per heavy atom. The Morgan fingerprint density at radius 2 is 1.73 bits per heavy atom. The number of methoxy groups -OCH3 is 1. The lowest BCUT2D eigenvalue weighted by atomic mass is 10.2. The second-order valence-corrected chi connectivity index (χ2v) is 7.96. The molecule has 0 saturated carbocycles. The number of hydrogen-bond acceptors (Lipinski definition) is 4. The summed E-state index contributed by atoms with van der Waals surface area (Å²) in [4.78, 5) is 11.9. The molecule has 0 spiro atoms. The van der Waals surface area contributed by atoms with Crippen LogP contribution in [-0.2, 0) is 14.8 Å². The third-order valence-electron chi connectivity index (χ3n) is 3.95. The van der Waals surface area contributed by atoms with Crippen LogP contribution in [0.3, 0.4) is 0 Å². The van der Waals surface area contributed by atoms with Gasteiger partial charge in [0, 0.05) is 6.54 Å². The number of hydrogen-bond donors (Lipinski definition) is 0. The quantitative estimate of drug-likeness (QED) is 0.487. The SMILES string of the molecule is CCCCCN(c1ccccc1Cl)S(=O)(=O)c1ccccc1C(=O)OC. The first-order chi connectivity index (χ1) is 12.4. The van der Waals surface area contributed by atoms with Crippen LogP contribution in [0.2, 0.25) is 5.02 Å². The second-order valence-electron chi connectivity index (χ2n) is 5.72. The fourth-order valence-corrected chi connectivity index (χ4v) is 4.61. The Labute approximate surface area is 159 Å². The molecule has 0 aliphatic heterocycles. The minimum Gasteiger partial charge on any atom is -0.465 e. The molecule has 5 nitrogen and oxygen atoms in total. The molecule has 0 heterocycles. The molecule has 2 aromatic rings. The molecule has 0 aliphatic carbocycles. The van der Waals surface area contributed by atoms with Gasteiger partial charge in [-0.15, -0.1) is 0 Å². The van der Waals surface area contributed by atoms with Crippen molar-refractivity contribution < 1.29 is 17.9 Å². The van der Waals surface area contributed by atoms with E-state index in [0.29, 0.717) is 17.1 Å². The van der Waals surface area contributed by atoms with Crippen LogP contribution in [-0.4, -0.2) is 28.0 Å². The summed E-state index contributed by atoms with van der Waals surface area (Å²) in [6.45, 7) is 2.32. The summed E-state index contributed by atoms with van der Waals surface area (Å²) >= 11 is 6.26. The van der Waals surface area contributed by atoms with Crippen molar-refractivity contribution in [2.75, 3.05) is 18.0 Å². The second kappa shape index (κ2) is 9.05. The van der Waals surface area contributed by atoms with E-state index in [2.05, 4.69) is 0 Å². The number of benzene rings is 2. The van der Waals surface area contributed by atoms with Gasteiger partial charge < -0.3 is 4.74 Å². The molecular weight excluding hydrogens is 374 g/mol. The average molecular weight is 396 g/mol. The fourth-order valence-electron chi connectivity index (χ4n) is 2.62. The summed E-state index contributed by atoms with van der Waals surface area (Å²) in [7, 11) is -2.77. The number of carbonyl (C=O) groups excluding carboxylic acids is 1. The smallest absolute Gasteiger partial charge is 0.339 e. The highest BCUT2D eigenvalue weighted by atomic mass is 35.5. The van der Waals surface area contributed by atoms with Crippen molar-refractivity contribution in [2.45, 2.75) is 31.1 Å². The zero-order chi connectivity index (χ0) is 19.2. The van der Waals surface area contributed by atoms with Crippen molar-refractivity contribution in [1.82, 2.24) is 0 Å². The van der Waals surface area contributed by atoms with Crippen molar-refractivity contribution in [3.05, 3.63) is 59.1 Å². The lowest BCUT2D eigenvalue weighted by molar-refractivity contribution is 0.0596. The van der Waals surface area contributed by atoms with Gasteiger partial charge in [0.25, 0.3) is 10.0 Å². The summed E-state index contributed by atoms with van der Waals surface area (Å²) in [6.07, 6.45) is 2.52. The van der Waals surface area contributed by atoms with Crippen molar-refractivity contribution in [1.29, 1.82) is 0 Å². The number of unbranched alkanes of at least 4 members (excludes halogenated alkanes) is 2. The normalized spacial score (nSPS) is 11.2. The zero-order valence-corrected chi connectivity index (χ0v) is 16.4. The highest BCUT2D eigenvalue weighted by molar-refractivity contribution is 7.93. The number of carbonyl (C=O) groups is 1. The molecule has 2 rings (SSSR count). The van der Waals surface area contributed by atoms with Crippen LogP contribution in [0.1, 0.15) is 36.5 Å². The van der Waals surface area contributed by atoms with Crippen LogP contribution < -0.4 is 4.31 Å². The third kappa shape index (κ3) is 4.37. The molecule has 0 radical (unpaired) electrons. The van der Waals surface area contributed by atoms with Gasteiger partial charge in [-0.05, 0) is 30.7 Å². The highest BCUT2D eigenvalue weighted by Crippen LogP contribution is 2.32. The largest absolute Gasteiger partial charge is 0.465 e. The van der Waals surface area contributed by atoms with E-state index in [1.54, 1.807) is 36.4 Å². The summed E-state index contributed by atoms with van der Waals surface area (Å²) < 4.78 is 32.8. The summed E-state index contributed by atoms with van der Waals surface area (Å²) in [5.41, 5.74) is 0.396. The topological polar surface area (TPSA) is 63.7 Å². The van der Waals surface area contributed by atoms with Gasteiger partial charge >= 0.3 is 5.97 Å². The zero-order valence-electron chi connectivity index (χ0n) is 14.8. The fraction of sp³-hybridized carbons (Fsp3) is 0.316. The van der Waals surface area contributed by atoms with Crippen molar-refractivity contribution in [2.24, 2.45) is 0 Å². The first-order valence-electron chi connectivity index (χ1n) is 8.38. The maximum absolute atomic E-state index is 13.4. The Kier molecular flexibility index (Phi) is 7.06. The van der Waals surface area contributed by atoms with Crippen LogP contribution in [0.15, 0.2) is 53.4 Å². The minimum atomic E-state index is -3.99. The number of para-hydroxylation sites is 1. The minimum absolute atomic E-state index is 0.00236. The van der Waals surface area contributed by atoms with Crippen LogP contribution in [0.4, 0.5) is 5.69 Å². The van der Waals surface area contributed by atoms with E-state index in [9.17, 15) is 13.2 Å². The maximum Gasteiger partial charge on any atom is 0.339 e. The Morgan fingerprint density at radius 1 is 1.08 bits per heavy atom. The number of rotatable bonds is 8. The van der Waals surface area contributed by atoms with Gasteiger partial charge in [-0.2, -0.15) is 0 Å². The summed E-state index contributed by atoms with van der Waals surface area (Å²) in [5.74, 6) is -0.697. The number of esters is 1. The third-order valence-corrected chi connectivity index (χ3v) is 6.14. The van der Waals surface area contributed by atoms with Crippen molar-refractivity contribution >= 4 is 33.3 Å². The van der Waals surface area contributed by atoms with E-state index < -0.39 is 16.0 Å². The molecule has 0 aromatic heterocycles. The number of anilines is 1. The van der Waals surface area contributed by atoms with E-state index in [1.807, 2.05) is 6.92 Å². The van der Waals surface area contributed by atoms with E-state index in [1.165, 1.54) is 23.5 Å². The Bertz CT molecular complexity index is 867. The van der Waals surface area contributed by atoms with Crippen LogP contribution >= 0.6 is 11.6 Å². The van der Waals surface area contributed by atoms with Gasteiger partial charge in [-0.3, -0.25) is 4.31 Å². The standard InChI is InChI=1S/C19H22ClNO4S/c1-3-4-9-14-21(17-12-7-6-11-16(17)20)26(23,24)18-13-8-5-10-15(18)19(22)25-2/h5-8,10-13H,3-4,9,14H2,1-2H3. The maximum atomic E-state index is 13.4. The molecule has 0 amide bonds. The van der Waals surface area contributed by atoms with Crippen molar-refractivity contribution in [3.63, 3.8) is 0 Å². The molecule has 140 valence electrons. The van der Waals surface area contributed by atoms with Gasteiger partial charge in [0.15, 0.2) is 0 Å². The van der Waals surface area contributed by atoms with Gasteiger partial charge in [-0.25, -0.2) is 13.2 Å². The lowest BCUT2D eigenvalue weighted by Crippen LogP contribution is -2.33. The average Bonchev–Trinajstić information content (AvgIpc) is 2.65. The number of nitrogens with zero attached hydrogens (tertiary/aromatic N) is 1. The number of sulfonamides is 1. The van der Waals surface area contributed by atoms with Gasteiger partial charge in [0.05, 0.1) is 23.4 Å². The first-order valence-corrected chi connectivity index (χ1v) is 10.2. The Hall–Kier alpha value is -2.05. The van der Waals surface area contributed by atoms with Gasteiger partial charge in [0.2, 0.25) is 0 Å². The van der Waals surface area contributed by atoms with Crippen LogP contribution in [0, 0.1) is 0 Å². The Balaban J connectivity index is 2.57. The van der Waals surface area contributed by atoms with E-state index >= 15 is 0 Å². The summed E-state index contributed by atoms with van der Waals surface area (Å²) in [6, 6.07) is 12.8. The monoisotopic (exact) mass is 395 g/mol. The first kappa shape index (κ1) is 20.3. The molecule has 0 atom stereocenters. The van der Waals surface area contributed by atoms with Crippen molar-refractivity contribution in [3.8, 4) is 0 Å². The highest BCUT2D eigenvalue weighted by Gasteiger charge is 2.30. The molecule has 0 bridgehead atoms. The molecule has 0 saturated heterocycles. The van der Waals surface area contributed by atoms with Gasteiger partial charge in [0.1, 0.15) is 4.90 Å². The molecule has 0 fully saturated rings. The van der Waals surface area contributed by atoms with Gasteiger partial charge in [-0.1, -0.05) is 55.6 Å². The van der Waals surface area contributed by atoms with E-state index in [-0.39, 0.29) is 17.0 Å². The number of halogens is 1. The molecule has 2 aromatic carbocycles. The van der Waals surface area contributed by atoms with Crippen LogP contribution in [0.25, 0.3) is 0 Å². The molecule has 0 unspecified atom stereocenters. The molecular formula is C19H22ClNO4S. The lowest BCUT2D eigenvalue weighted by Gasteiger charge is -2.26. The van der Waals surface area contributed by atoms with Crippen LogP contribution in [0.5, 0.6) is 0 Å². The van der Waals surface area contributed by atoms with E-state index in [0.717, 1.165) is 12.8 Å².